The molecule has 5 heteroatoms. The normalized spacial score (nSPS) is 24.5. The van der Waals surface area contributed by atoms with Gasteiger partial charge in [-0.2, -0.15) is 0 Å². The van der Waals surface area contributed by atoms with E-state index in [1.165, 1.54) is 44.9 Å². The van der Waals surface area contributed by atoms with Crippen LogP contribution < -0.4 is 0 Å². The zero-order chi connectivity index (χ0) is 17.3. The highest BCUT2D eigenvalue weighted by molar-refractivity contribution is 7.83. The minimum Gasteiger partial charge on any atom is -0.301 e. The van der Waals surface area contributed by atoms with Gasteiger partial charge in [-0.1, -0.05) is 88.6 Å². The molecule has 136 valence electrons. The molecule has 1 saturated heterocycles. The standard InChI is InChI=1S/C19H31ClNO2P/c1-2-3-4-5-6-7-8-12-15-19-17-21(24(20,22)23-19)16-18-13-10-9-11-14-18/h9-11,13-14,19H,2-8,12,15-17H2,1H3. The average Bonchev–Trinajstić information content (AvgIpc) is 2.85. The van der Waals surface area contributed by atoms with Crippen LogP contribution in [0.2, 0.25) is 0 Å². The second-order valence-electron chi connectivity index (χ2n) is 6.78. The zero-order valence-corrected chi connectivity index (χ0v) is 16.5. The second-order valence-corrected chi connectivity index (χ2v) is 9.74. The maximum absolute atomic E-state index is 12.5. The predicted molar refractivity (Wildman–Crippen MR) is 102 cm³/mol. The van der Waals surface area contributed by atoms with Crippen LogP contribution in [0.15, 0.2) is 30.3 Å². The SMILES string of the molecule is CCCCCCCCCCC1CN(Cc2ccccc2)P(=O)(Cl)O1. The lowest BCUT2D eigenvalue weighted by atomic mass is 10.1. The molecule has 1 fully saturated rings. The number of rotatable bonds is 11. The number of halogens is 1. The fraction of sp³-hybridized carbons (Fsp3) is 0.684. The molecule has 1 heterocycles. The number of unbranched alkanes of at least 4 members (excludes halogenated alkanes) is 7. The van der Waals surface area contributed by atoms with Crippen LogP contribution in [0.25, 0.3) is 0 Å². The minimum absolute atomic E-state index is 0.0112. The van der Waals surface area contributed by atoms with E-state index >= 15 is 0 Å². The Labute approximate surface area is 152 Å². The monoisotopic (exact) mass is 371 g/mol. The van der Waals surface area contributed by atoms with E-state index in [4.69, 9.17) is 15.8 Å². The van der Waals surface area contributed by atoms with Gasteiger partial charge in [-0.25, -0.2) is 4.67 Å². The van der Waals surface area contributed by atoms with Crippen molar-refractivity contribution < 1.29 is 9.09 Å². The van der Waals surface area contributed by atoms with E-state index in [1.807, 2.05) is 30.3 Å². The molecular formula is C19H31ClNO2P. The van der Waals surface area contributed by atoms with Crippen molar-refractivity contribution in [2.24, 2.45) is 0 Å². The van der Waals surface area contributed by atoms with Crippen LogP contribution in [0.5, 0.6) is 0 Å². The molecule has 0 N–H and O–H groups in total. The van der Waals surface area contributed by atoms with Crippen molar-refractivity contribution in [1.29, 1.82) is 0 Å². The summed E-state index contributed by atoms with van der Waals surface area (Å²) in [6.07, 6.45) is 11.3. The van der Waals surface area contributed by atoms with Crippen LogP contribution in [0.3, 0.4) is 0 Å². The summed E-state index contributed by atoms with van der Waals surface area (Å²) in [5.41, 5.74) is 1.12. The predicted octanol–water partition coefficient (Wildman–Crippen LogP) is 6.77. The summed E-state index contributed by atoms with van der Waals surface area (Å²) in [5.74, 6) is 0. The van der Waals surface area contributed by atoms with Crippen molar-refractivity contribution >= 4 is 18.1 Å². The molecule has 1 aliphatic rings. The van der Waals surface area contributed by atoms with Gasteiger partial charge in [0.15, 0.2) is 0 Å². The Morgan fingerprint density at radius 1 is 1.08 bits per heavy atom. The van der Waals surface area contributed by atoms with Gasteiger partial charge in [0.2, 0.25) is 0 Å². The fourth-order valence-corrected chi connectivity index (χ4v) is 5.28. The Kier molecular flexibility index (Phi) is 8.83. The first-order chi connectivity index (χ1) is 11.6. The molecule has 1 aromatic rings. The molecule has 0 aromatic heterocycles. The number of hydrogen-bond acceptors (Lipinski definition) is 2. The summed E-state index contributed by atoms with van der Waals surface area (Å²) in [6, 6.07) is 10.0. The molecule has 2 unspecified atom stereocenters. The first kappa shape index (κ1) is 20.0. The van der Waals surface area contributed by atoms with Gasteiger partial charge >= 0.3 is 6.87 Å². The summed E-state index contributed by atoms with van der Waals surface area (Å²) in [4.78, 5) is 0. The molecule has 3 nitrogen and oxygen atoms in total. The van der Waals surface area contributed by atoms with Crippen LogP contribution in [0.1, 0.15) is 70.3 Å². The molecule has 0 radical (unpaired) electrons. The maximum atomic E-state index is 12.5. The summed E-state index contributed by atoms with van der Waals surface area (Å²) >= 11 is 6.15. The van der Waals surface area contributed by atoms with E-state index in [2.05, 4.69) is 6.92 Å². The molecule has 0 amide bonds. The van der Waals surface area contributed by atoms with Gasteiger partial charge < -0.3 is 4.52 Å². The summed E-state index contributed by atoms with van der Waals surface area (Å²) in [5, 5.41) is 0. The van der Waals surface area contributed by atoms with Crippen LogP contribution in [0.4, 0.5) is 0 Å². The van der Waals surface area contributed by atoms with E-state index in [1.54, 1.807) is 4.67 Å². The third kappa shape index (κ3) is 6.88. The molecule has 0 aliphatic carbocycles. The summed E-state index contributed by atoms with van der Waals surface area (Å²) in [6.45, 7) is 0.370. The lowest BCUT2D eigenvalue weighted by Gasteiger charge is -2.16. The molecule has 24 heavy (non-hydrogen) atoms. The van der Waals surface area contributed by atoms with E-state index in [0.717, 1.165) is 18.4 Å². The minimum atomic E-state index is -3.14. The van der Waals surface area contributed by atoms with Gasteiger partial charge in [-0.3, -0.25) is 4.57 Å². The number of hydrogen-bond donors (Lipinski definition) is 0. The Balaban J connectivity index is 1.64. The highest BCUT2D eigenvalue weighted by atomic mass is 35.7. The van der Waals surface area contributed by atoms with Gasteiger partial charge in [-0.15, -0.1) is 0 Å². The van der Waals surface area contributed by atoms with E-state index in [-0.39, 0.29) is 6.10 Å². The number of benzene rings is 1. The van der Waals surface area contributed by atoms with Crippen molar-refractivity contribution in [3.8, 4) is 0 Å². The van der Waals surface area contributed by atoms with Gasteiger partial charge in [-0.05, 0) is 23.2 Å². The third-order valence-corrected chi connectivity index (χ3v) is 7.04. The van der Waals surface area contributed by atoms with Crippen molar-refractivity contribution in [2.75, 3.05) is 6.54 Å². The van der Waals surface area contributed by atoms with E-state index in [9.17, 15) is 4.57 Å². The molecule has 2 atom stereocenters. The Hall–Kier alpha value is -0.340. The Bertz CT molecular complexity index is 511. The maximum Gasteiger partial charge on any atom is 0.363 e. The molecule has 1 aromatic carbocycles. The second kappa shape index (κ2) is 10.6. The molecule has 0 saturated carbocycles. The van der Waals surface area contributed by atoms with Crippen LogP contribution in [0, 0.1) is 0 Å². The Morgan fingerprint density at radius 3 is 2.38 bits per heavy atom. The lowest BCUT2D eigenvalue weighted by Crippen LogP contribution is -2.19. The van der Waals surface area contributed by atoms with Crippen LogP contribution in [-0.4, -0.2) is 17.3 Å². The zero-order valence-electron chi connectivity index (χ0n) is 14.8. The van der Waals surface area contributed by atoms with Crippen LogP contribution in [-0.2, 0) is 15.6 Å². The van der Waals surface area contributed by atoms with Gasteiger partial charge in [0.1, 0.15) is 0 Å². The fourth-order valence-electron chi connectivity index (χ4n) is 3.21. The highest BCUT2D eigenvalue weighted by Gasteiger charge is 2.40. The smallest absolute Gasteiger partial charge is 0.301 e. The van der Waals surface area contributed by atoms with Gasteiger partial charge in [0, 0.05) is 13.1 Å². The van der Waals surface area contributed by atoms with Gasteiger partial charge in [0.25, 0.3) is 0 Å². The highest BCUT2D eigenvalue weighted by Crippen LogP contribution is 2.62. The quantitative estimate of drug-likeness (QED) is 0.317. The average molecular weight is 372 g/mol. The van der Waals surface area contributed by atoms with Crippen molar-refractivity contribution in [1.82, 2.24) is 4.67 Å². The first-order valence-corrected chi connectivity index (χ1v) is 11.9. The van der Waals surface area contributed by atoms with Crippen molar-refractivity contribution in [3.63, 3.8) is 0 Å². The van der Waals surface area contributed by atoms with E-state index in [0.29, 0.717) is 13.1 Å². The molecule has 0 bridgehead atoms. The molecular weight excluding hydrogens is 341 g/mol. The first-order valence-electron chi connectivity index (χ1n) is 9.39. The molecule has 0 spiro atoms. The number of nitrogens with zero attached hydrogens (tertiary/aromatic N) is 1. The lowest BCUT2D eigenvalue weighted by molar-refractivity contribution is 0.227. The van der Waals surface area contributed by atoms with Crippen molar-refractivity contribution in [2.45, 2.75) is 77.4 Å². The molecule has 2 rings (SSSR count). The summed E-state index contributed by atoms with van der Waals surface area (Å²) < 4.78 is 19.9. The Morgan fingerprint density at radius 2 is 1.71 bits per heavy atom. The van der Waals surface area contributed by atoms with Crippen molar-refractivity contribution in [3.05, 3.63) is 35.9 Å². The molecule has 1 aliphatic heterocycles. The van der Waals surface area contributed by atoms with Crippen LogP contribution >= 0.6 is 18.1 Å². The largest absolute Gasteiger partial charge is 0.363 e. The topological polar surface area (TPSA) is 29.5 Å². The van der Waals surface area contributed by atoms with Gasteiger partial charge in [0.05, 0.1) is 6.10 Å². The third-order valence-electron chi connectivity index (χ3n) is 4.62. The summed E-state index contributed by atoms with van der Waals surface area (Å²) in [7, 11) is 0. The van der Waals surface area contributed by atoms with E-state index < -0.39 is 6.87 Å².